The second-order valence-electron chi connectivity index (χ2n) is 9.48. The second-order valence-corrected chi connectivity index (χ2v) is 9.48. The molecule has 0 radical (unpaired) electrons. The van der Waals surface area contributed by atoms with Gasteiger partial charge in [0, 0.05) is 29.4 Å². The van der Waals surface area contributed by atoms with Crippen LogP contribution in [0.2, 0.25) is 0 Å². The molecule has 5 rings (SSSR count). The highest BCUT2D eigenvalue weighted by molar-refractivity contribution is 6.04. The lowest BCUT2D eigenvalue weighted by Crippen LogP contribution is -2.38. The van der Waals surface area contributed by atoms with Crippen molar-refractivity contribution in [2.45, 2.75) is 45.1 Å². The standard InChI is InChI=1S/C27H30FN5O2/c28-20-8-10-22(11-9-20)33-24-7-2-1-6-23(24)25(31-33)27(35)30-21-5-3-4-18(16-21)17-32-14-12-19(13-15-32)26(29)34/h3-5,8-11,16,19H,1-2,6-7,12-15,17H2,(H2,29,34)(H,30,35). The summed E-state index contributed by atoms with van der Waals surface area (Å²) in [4.78, 5) is 27.0. The van der Waals surface area contributed by atoms with E-state index in [-0.39, 0.29) is 23.5 Å². The summed E-state index contributed by atoms with van der Waals surface area (Å²) < 4.78 is 15.2. The molecule has 2 heterocycles. The minimum Gasteiger partial charge on any atom is -0.369 e. The van der Waals surface area contributed by atoms with E-state index in [9.17, 15) is 14.0 Å². The van der Waals surface area contributed by atoms with Gasteiger partial charge in [-0.25, -0.2) is 9.07 Å². The van der Waals surface area contributed by atoms with Gasteiger partial charge in [-0.15, -0.1) is 0 Å². The lowest BCUT2D eigenvalue weighted by molar-refractivity contribution is -0.123. The fourth-order valence-corrected chi connectivity index (χ4v) is 5.15. The molecule has 2 amide bonds. The number of anilines is 1. The Labute approximate surface area is 204 Å². The molecule has 0 bridgehead atoms. The highest BCUT2D eigenvalue weighted by Crippen LogP contribution is 2.28. The van der Waals surface area contributed by atoms with Gasteiger partial charge in [-0.1, -0.05) is 12.1 Å². The number of nitrogens with one attached hydrogen (secondary N) is 1. The van der Waals surface area contributed by atoms with Gasteiger partial charge in [0.1, 0.15) is 5.82 Å². The molecular formula is C27H30FN5O2. The van der Waals surface area contributed by atoms with Crippen LogP contribution in [0.5, 0.6) is 0 Å². The molecule has 35 heavy (non-hydrogen) atoms. The van der Waals surface area contributed by atoms with Crippen molar-refractivity contribution in [3.63, 3.8) is 0 Å². The summed E-state index contributed by atoms with van der Waals surface area (Å²) in [6.45, 7) is 2.41. The molecule has 1 aliphatic heterocycles. The van der Waals surface area contributed by atoms with Crippen LogP contribution in [0.15, 0.2) is 48.5 Å². The largest absolute Gasteiger partial charge is 0.369 e. The van der Waals surface area contributed by atoms with E-state index < -0.39 is 0 Å². The van der Waals surface area contributed by atoms with Crippen LogP contribution in [-0.2, 0) is 24.2 Å². The maximum Gasteiger partial charge on any atom is 0.276 e. The van der Waals surface area contributed by atoms with E-state index in [4.69, 9.17) is 5.73 Å². The number of piperidine rings is 1. The normalized spacial score (nSPS) is 16.6. The zero-order valence-corrected chi connectivity index (χ0v) is 19.7. The molecular weight excluding hydrogens is 445 g/mol. The zero-order chi connectivity index (χ0) is 24.4. The monoisotopic (exact) mass is 475 g/mol. The number of fused-ring (bicyclic) bond motifs is 1. The molecule has 0 atom stereocenters. The molecule has 7 nitrogen and oxygen atoms in total. The van der Waals surface area contributed by atoms with E-state index in [1.54, 1.807) is 16.8 Å². The van der Waals surface area contributed by atoms with Gasteiger partial charge in [-0.05, 0) is 93.6 Å². The highest BCUT2D eigenvalue weighted by Gasteiger charge is 2.26. The van der Waals surface area contributed by atoms with Crippen molar-refractivity contribution in [1.29, 1.82) is 0 Å². The molecule has 1 fully saturated rings. The average molecular weight is 476 g/mol. The molecule has 3 aromatic rings. The minimum absolute atomic E-state index is 0.0301. The second kappa shape index (κ2) is 10.00. The van der Waals surface area contributed by atoms with Crippen LogP contribution in [0.1, 0.15) is 53.0 Å². The molecule has 2 aliphatic rings. The van der Waals surface area contributed by atoms with E-state index in [1.165, 1.54) is 12.1 Å². The number of nitrogens with two attached hydrogens (primary N) is 1. The number of nitrogens with zero attached hydrogens (tertiary/aromatic N) is 3. The molecule has 1 aromatic heterocycles. The van der Waals surface area contributed by atoms with Crippen molar-refractivity contribution in [2.24, 2.45) is 11.7 Å². The Morgan fingerprint density at radius 1 is 1.06 bits per heavy atom. The van der Waals surface area contributed by atoms with E-state index in [0.717, 1.165) is 86.4 Å². The molecule has 2 aromatic carbocycles. The molecule has 8 heteroatoms. The van der Waals surface area contributed by atoms with Crippen LogP contribution in [0.25, 0.3) is 5.69 Å². The third kappa shape index (κ3) is 5.12. The quantitative estimate of drug-likeness (QED) is 0.567. The van der Waals surface area contributed by atoms with Gasteiger partial charge in [-0.2, -0.15) is 5.10 Å². The third-order valence-corrected chi connectivity index (χ3v) is 7.05. The summed E-state index contributed by atoms with van der Waals surface area (Å²) in [6, 6.07) is 14.0. The van der Waals surface area contributed by atoms with Gasteiger partial charge in [0.25, 0.3) is 5.91 Å². The van der Waals surface area contributed by atoms with Gasteiger partial charge in [0.15, 0.2) is 5.69 Å². The van der Waals surface area contributed by atoms with Crippen LogP contribution >= 0.6 is 0 Å². The Morgan fingerprint density at radius 2 is 1.80 bits per heavy atom. The van der Waals surface area contributed by atoms with E-state index in [2.05, 4.69) is 15.3 Å². The number of benzene rings is 2. The van der Waals surface area contributed by atoms with Crippen molar-refractivity contribution in [2.75, 3.05) is 18.4 Å². The summed E-state index contributed by atoms with van der Waals surface area (Å²) in [5, 5.41) is 7.69. The molecule has 3 N–H and O–H groups in total. The molecule has 0 unspecified atom stereocenters. The summed E-state index contributed by atoms with van der Waals surface area (Å²) in [7, 11) is 0. The number of carbonyl (C=O) groups excluding carboxylic acids is 2. The predicted octanol–water partition coefficient (Wildman–Crippen LogP) is 3.84. The predicted molar refractivity (Wildman–Crippen MR) is 132 cm³/mol. The number of hydrogen-bond acceptors (Lipinski definition) is 4. The summed E-state index contributed by atoms with van der Waals surface area (Å²) in [5.41, 5.74) is 10.5. The lowest BCUT2D eigenvalue weighted by atomic mass is 9.95. The molecule has 1 saturated heterocycles. The van der Waals surface area contributed by atoms with E-state index in [1.807, 2.05) is 24.3 Å². The first-order valence-corrected chi connectivity index (χ1v) is 12.3. The highest BCUT2D eigenvalue weighted by atomic mass is 19.1. The summed E-state index contributed by atoms with van der Waals surface area (Å²) in [6.07, 6.45) is 5.28. The van der Waals surface area contributed by atoms with Crippen molar-refractivity contribution < 1.29 is 14.0 Å². The van der Waals surface area contributed by atoms with E-state index >= 15 is 0 Å². The summed E-state index contributed by atoms with van der Waals surface area (Å²) in [5.74, 6) is -0.774. The van der Waals surface area contributed by atoms with Crippen LogP contribution in [0, 0.1) is 11.7 Å². The van der Waals surface area contributed by atoms with Crippen LogP contribution in [0.3, 0.4) is 0 Å². The number of hydrogen-bond donors (Lipinski definition) is 2. The molecule has 182 valence electrons. The Bertz CT molecular complexity index is 1230. The smallest absolute Gasteiger partial charge is 0.276 e. The summed E-state index contributed by atoms with van der Waals surface area (Å²) >= 11 is 0. The Kier molecular flexibility index (Phi) is 6.63. The zero-order valence-electron chi connectivity index (χ0n) is 19.7. The Morgan fingerprint density at radius 3 is 2.54 bits per heavy atom. The number of primary amides is 1. The number of likely N-dealkylation sites (tertiary alicyclic amines) is 1. The van der Waals surface area contributed by atoms with Gasteiger partial charge in [0.2, 0.25) is 5.91 Å². The topological polar surface area (TPSA) is 93.2 Å². The lowest BCUT2D eigenvalue weighted by Gasteiger charge is -2.30. The van der Waals surface area contributed by atoms with Gasteiger partial charge in [-0.3, -0.25) is 14.5 Å². The Balaban J connectivity index is 1.31. The molecule has 0 spiro atoms. The van der Waals surface area contributed by atoms with Crippen molar-refractivity contribution in [3.8, 4) is 5.69 Å². The third-order valence-electron chi connectivity index (χ3n) is 7.05. The number of halogens is 1. The average Bonchev–Trinajstić information content (AvgIpc) is 3.25. The van der Waals surface area contributed by atoms with Crippen molar-refractivity contribution in [1.82, 2.24) is 14.7 Å². The minimum atomic E-state index is -0.301. The van der Waals surface area contributed by atoms with Crippen molar-refractivity contribution in [3.05, 3.63) is 76.9 Å². The van der Waals surface area contributed by atoms with Crippen molar-refractivity contribution >= 4 is 17.5 Å². The van der Waals surface area contributed by atoms with E-state index in [0.29, 0.717) is 5.69 Å². The SMILES string of the molecule is NC(=O)C1CCN(Cc2cccc(NC(=O)c3nn(-c4ccc(F)cc4)c4c3CCCC4)c2)CC1. The number of carbonyl (C=O) groups is 2. The molecule has 0 saturated carbocycles. The Hall–Kier alpha value is -3.52. The number of aromatic nitrogens is 2. The van der Waals surface area contributed by atoms with Gasteiger partial charge < -0.3 is 11.1 Å². The first-order valence-electron chi connectivity index (χ1n) is 12.3. The fourth-order valence-electron chi connectivity index (χ4n) is 5.15. The maximum absolute atomic E-state index is 13.4. The first-order chi connectivity index (χ1) is 17.0. The van der Waals surface area contributed by atoms with Crippen LogP contribution in [0.4, 0.5) is 10.1 Å². The molecule has 1 aliphatic carbocycles. The first kappa shape index (κ1) is 23.2. The number of rotatable bonds is 6. The van der Waals surface area contributed by atoms with Gasteiger partial charge >= 0.3 is 0 Å². The van der Waals surface area contributed by atoms with Crippen LogP contribution in [-0.4, -0.2) is 39.6 Å². The number of amides is 2. The fraction of sp³-hybridized carbons (Fsp3) is 0.370. The van der Waals surface area contributed by atoms with Gasteiger partial charge in [0.05, 0.1) is 5.69 Å². The van der Waals surface area contributed by atoms with Crippen LogP contribution < -0.4 is 11.1 Å². The maximum atomic E-state index is 13.4.